The highest BCUT2D eigenvalue weighted by Crippen LogP contribution is 2.16. The van der Waals surface area contributed by atoms with Gasteiger partial charge in [0, 0.05) is 6.54 Å². The summed E-state index contributed by atoms with van der Waals surface area (Å²) < 4.78 is 0. The quantitative estimate of drug-likeness (QED) is 0.413. The van der Waals surface area contributed by atoms with Crippen molar-refractivity contribution in [3.8, 4) is 0 Å². The smallest absolute Gasteiger partial charge is 0.242 e. The number of rotatable bonds is 5. The van der Waals surface area contributed by atoms with Crippen LogP contribution in [0, 0.1) is 0 Å². The molecule has 102 valence electrons. The molecule has 2 unspecified atom stereocenters. The molecule has 1 saturated heterocycles. The Kier molecular flexibility index (Phi) is 5.05. The van der Waals surface area contributed by atoms with Gasteiger partial charge in [-0.1, -0.05) is 0 Å². The van der Waals surface area contributed by atoms with Crippen LogP contribution in [0.15, 0.2) is 0 Å². The first kappa shape index (κ1) is 14.4. The van der Waals surface area contributed by atoms with E-state index in [1.54, 1.807) is 0 Å². The molecular formula is C10H18N4O4. The van der Waals surface area contributed by atoms with Gasteiger partial charge in [0.2, 0.25) is 17.7 Å². The third-order valence-corrected chi connectivity index (χ3v) is 2.85. The van der Waals surface area contributed by atoms with Crippen molar-refractivity contribution in [1.82, 2.24) is 10.2 Å². The number of hydrogen-bond acceptors (Lipinski definition) is 5. The Labute approximate surface area is 104 Å². The number of likely N-dealkylation sites (tertiary alicyclic amines) is 1. The van der Waals surface area contributed by atoms with Gasteiger partial charge in [-0.25, -0.2) is 0 Å². The maximum absolute atomic E-state index is 11.8. The number of hydrogen-bond donors (Lipinski definition) is 4. The zero-order valence-electron chi connectivity index (χ0n) is 9.96. The van der Waals surface area contributed by atoms with Gasteiger partial charge in [-0.15, -0.1) is 0 Å². The van der Waals surface area contributed by atoms with Crippen molar-refractivity contribution in [2.45, 2.75) is 24.9 Å². The second-order valence-electron chi connectivity index (χ2n) is 4.15. The average molecular weight is 258 g/mol. The molecule has 8 nitrogen and oxygen atoms in total. The minimum absolute atomic E-state index is 0.254. The fourth-order valence-corrected chi connectivity index (χ4v) is 1.84. The van der Waals surface area contributed by atoms with Gasteiger partial charge in [-0.05, 0) is 12.8 Å². The van der Waals surface area contributed by atoms with Crippen LogP contribution in [0.1, 0.15) is 12.8 Å². The van der Waals surface area contributed by atoms with Gasteiger partial charge < -0.3 is 26.8 Å². The minimum Gasteiger partial charge on any atom is -0.394 e. The van der Waals surface area contributed by atoms with Crippen molar-refractivity contribution in [3.05, 3.63) is 0 Å². The molecule has 1 aliphatic heterocycles. The second-order valence-corrected chi connectivity index (χ2v) is 4.15. The SMILES string of the molecule is NC(=O)C1CCCN1C(=O)CNC(=O)C(N)CO. The van der Waals surface area contributed by atoms with E-state index in [9.17, 15) is 14.4 Å². The van der Waals surface area contributed by atoms with Gasteiger partial charge in [0.15, 0.2) is 0 Å². The lowest BCUT2D eigenvalue weighted by molar-refractivity contribution is -0.137. The van der Waals surface area contributed by atoms with Crippen molar-refractivity contribution in [1.29, 1.82) is 0 Å². The van der Waals surface area contributed by atoms with E-state index in [4.69, 9.17) is 16.6 Å². The summed E-state index contributed by atoms with van der Waals surface area (Å²) in [5, 5.41) is 11.0. The average Bonchev–Trinajstić information content (AvgIpc) is 2.83. The lowest BCUT2D eigenvalue weighted by atomic mass is 10.2. The highest BCUT2D eigenvalue weighted by atomic mass is 16.3. The first-order valence-electron chi connectivity index (χ1n) is 5.70. The summed E-state index contributed by atoms with van der Waals surface area (Å²) in [5.41, 5.74) is 10.4. The Morgan fingerprint density at radius 3 is 2.67 bits per heavy atom. The molecule has 0 radical (unpaired) electrons. The van der Waals surface area contributed by atoms with Crippen molar-refractivity contribution >= 4 is 17.7 Å². The normalized spacial score (nSPS) is 20.6. The van der Waals surface area contributed by atoms with Gasteiger partial charge in [-0.3, -0.25) is 14.4 Å². The van der Waals surface area contributed by atoms with Gasteiger partial charge >= 0.3 is 0 Å². The van der Waals surface area contributed by atoms with Crippen LogP contribution in [-0.4, -0.2) is 59.5 Å². The van der Waals surface area contributed by atoms with E-state index in [2.05, 4.69) is 5.32 Å². The van der Waals surface area contributed by atoms with Gasteiger partial charge in [0.25, 0.3) is 0 Å². The van der Waals surface area contributed by atoms with E-state index in [-0.39, 0.29) is 12.5 Å². The van der Waals surface area contributed by atoms with Crippen LogP contribution in [-0.2, 0) is 14.4 Å². The van der Waals surface area contributed by atoms with Crippen LogP contribution in [0.4, 0.5) is 0 Å². The van der Waals surface area contributed by atoms with E-state index < -0.39 is 30.5 Å². The monoisotopic (exact) mass is 258 g/mol. The summed E-state index contributed by atoms with van der Waals surface area (Å²) in [6.07, 6.45) is 1.26. The molecule has 0 saturated carbocycles. The van der Waals surface area contributed by atoms with Crippen LogP contribution in [0.5, 0.6) is 0 Å². The van der Waals surface area contributed by atoms with Gasteiger partial charge in [-0.2, -0.15) is 0 Å². The molecule has 1 aliphatic rings. The summed E-state index contributed by atoms with van der Waals surface area (Å²) in [6, 6.07) is -1.65. The summed E-state index contributed by atoms with van der Waals surface area (Å²) in [5.74, 6) is -1.53. The molecule has 8 heteroatoms. The number of nitrogens with one attached hydrogen (secondary N) is 1. The molecule has 0 aromatic rings. The van der Waals surface area contributed by atoms with E-state index in [1.807, 2.05) is 0 Å². The molecule has 1 fully saturated rings. The van der Waals surface area contributed by atoms with E-state index in [1.165, 1.54) is 4.90 Å². The summed E-state index contributed by atoms with van der Waals surface area (Å²) >= 11 is 0. The minimum atomic E-state index is -1.05. The first-order chi connectivity index (χ1) is 8.47. The predicted octanol–water partition coefficient (Wildman–Crippen LogP) is -3.10. The Hall–Kier alpha value is -1.67. The number of amides is 3. The molecule has 18 heavy (non-hydrogen) atoms. The first-order valence-corrected chi connectivity index (χ1v) is 5.70. The van der Waals surface area contributed by atoms with Gasteiger partial charge in [0.05, 0.1) is 13.2 Å². The predicted molar refractivity (Wildman–Crippen MR) is 62.0 cm³/mol. The highest BCUT2D eigenvalue weighted by Gasteiger charge is 2.32. The van der Waals surface area contributed by atoms with Crippen LogP contribution in [0.25, 0.3) is 0 Å². The Morgan fingerprint density at radius 2 is 2.11 bits per heavy atom. The van der Waals surface area contributed by atoms with Crippen molar-refractivity contribution in [2.75, 3.05) is 19.7 Å². The standard InChI is InChI=1S/C10H18N4O4/c11-6(5-15)10(18)13-4-8(16)14-3-1-2-7(14)9(12)17/h6-7,15H,1-5,11H2,(H2,12,17)(H,13,18). The largest absolute Gasteiger partial charge is 0.394 e. The maximum atomic E-state index is 11.8. The molecule has 0 aliphatic carbocycles. The van der Waals surface area contributed by atoms with Crippen molar-refractivity contribution in [3.63, 3.8) is 0 Å². The molecule has 0 aromatic heterocycles. The Morgan fingerprint density at radius 1 is 1.44 bits per heavy atom. The van der Waals surface area contributed by atoms with Crippen molar-refractivity contribution in [2.24, 2.45) is 11.5 Å². The van der Waals surface area contributed by atoms with Crippen molar-refractivity contribution < 1.29 is 19.5 Å². The zero-order chi connectivity index (χ0) is 13.7. The number of carbonyl (C=O) groups is 3. The number of nitrogens with zero attached hydrogens (tertiary/aromatic N) is 1. The Bertz CT molecular complexity index is 347. The molecule has 0 spiro atoms. The number of aliphatic hydroxyl groups is 1. The summed E-state index contributed by atoms with van der Waals surface area (Å²) in [7, 11) is 0. The van der Waals surface area contributed by atoms with E-state index in [0.29, 0.717) is 19.4 Å². The fraction of sp³-hybridized carbons (Fsp3) is 0.700. The lowest BCUT2D eigenvalue weighted by Gasteiger charge is -2.22. The molecule has 6 N–H and O–H groups in total. The summed E-state index contributed by atoms with van der Waals surface area (Å²) in [6.45, 7) is -0.293. The third-order valence-electron chi connectivity index (χ3n) is 2.85. The van der Waals surface area contributed by atoms with Gasteiger partial charge in [0.1, 0.15) is 12.1 Å². The molecule has 3 amide bonds. The second kappa shape index (κ2) is 6.31. The topological polar surface area (TPSA) is 139 Å². The van der Waals surface area contributed by atoms with Crippen LogP contribution < -0.4 is 16.8 Å². The van der Waals surface area contributed by atoms with E-state index >= 15 is 0 Å². The molecule has 0 aromatic carbocycles. The number of nitrogens with two attached hydrogens (primary N) is 2. The molecule has 1 heterocycles. The highest BCUT2D eigenvalue weighted by molar-refractivity contribution is 5.91. The maximum Gasteiger partial charge on any atom is 0.242 e. The summed E-state index contributed by atoms with van der Waals surface area (Å²) in [4.78, 5) is 35.5. The lowest BCUT2D eigenvalue weighted by Crippen LogP contribution is -2.50. The van der Waals surface area contributed by atoms with E-state index in [0.717, 1.165) is 0 Å². The number of primary amides is 1. The third kappa shape index (κ3) is 3.41. The Balaban J connectivity index is 2.46. The van der Waals surface area contributed by atoms with Crippen LogP contribution >= 0.6 is 0 Å². The zero-order valence-corrected chi connectivity index (χ0v) is 9.96. The molecule has 2 atom stereocenters. The fourth-order valence-electron chi connectivity index (χ4n) is 1.84. The molecule has 1 rings (SSSR count). The number of aliphatic hydroxyl groups excluding tert-OH is 1. The number of carbonyl (C=O) groups excluding carboxylic acids is 3. The molecular weight excluding hydrogens is 240 g/mol. The molecule has 0 bridgehead atoms. The van der Waals surface area contributed by atoms with Crippen LogP contribution in [0.3, 0.4) is 0 Å². The van der Waals surface area contributed by atoms with Crippen LogP contribution in [0.2, 0.25) is 0 Å².